The molecule has 1 aromatic rings. The van der Waals surface area contributed by atoms with Crippen LogP contribution in [0.25, 0.3) is 0 Å². The van der Waals surface area contributed by atoms with Crippen molar-refractivity contribution >= 4 is 17.3 Å². The summed E-state index contributed by atoms with van der Waals surface area (Å²) in [5, 5.41) is 8.97. The number of carbonyl (C=O) groups excluding carboxylic acids is 1. The molecule has 1 N–H and O–H groups in total. The first-order valence-electron chi connectivity index (χ1n) is 4.31. The van der Waals surface area contributed by atoms with Gasteiger partial charge in [-0.25, -0.2) is 0 Å². The number of aryl methyl sites for hydroxylation is 1. The Labute approximate surface area is 80.6 Å². The molecular formula is C9H11NO2S. The molecular weight excluding hydrogens is 186 g/mol. The molecule has 70 valence electrons. The third kappa shape index (κ3) is 1.40. The first kappa shape index (κ1) is 8.84. The molecule has 1 atom stereocenters. The number of aliphatic hydroxyl groups is 1. The van der Waals surface area contributed by atoms with E-state index in [0.717, 1.165) is 22.6 Å². The zero-order valence-electron chi connectivity index (χ0n) is 7.41. The lowest BCUT2D eigenvalue weighted by Gasteiger charge is -2.18. The Balaban J connectivity index is 2.39. The van der Waals surface area contributed by atoms with Crippen molar-refractivity contribution in [3.8, 4) is 0 Å². The summed E-state index contributed by atoms with van der Waals surface area (Å²) in [6.45, 7) is 1.97. The quantitative estimate of drug-likeness (QED) is 0.735. The van der Waals surface area contributed by atoms with Crippen LogP contribution in [-0.2, 0) is 6.42 Å². The monoisotopic (exact) mass is 197 g/mol. The Morgan fingerprint density at radius 1 is 1.62 bits per heavy atom. The fourth-order valence-corrected chi connectivity index (χ4v) is 2.74. The van der Waals surface area contributed by atoms with E-state index < -0.39 is 0 Å². The fraction of sp³-hybridized carbons (Fsp3) is 0.556. The highest BCUT2D eigenvalue weighted by molar-refractivity contribution is 7.06. The zero-order chi connectivity index (χ0) is 9.42. The van der Waals surface area contributed by atoms with Gasteiger partial charge in [0.15, 0.2) is 5.78 Å². The van der Waals surface area contributed by atoms with Gasteiger partial charge in [0.2, 0.25) is 0 Å². The summed E-state index contributed by atoms with van der Waals surface area (Å²) >= 11 is 1.39. The lowest BCUT2D eigenvalue weighted by Crippen LogP contribution is -2.21. The summed E-state index contributed by atoms with van der Waals surface area (Å²) < 4.78 is 4.16. The van der Waals surface area contributed by atoms with Crippen LogP contribution in [0.1, 0.15) is 27.3 Å². The molecule has 0 saturated carbocycles. The van der Waals surface area contributed by atoms with Crippen LogP contribution in [0.4, 0.5) is 0 Å². The van der Waals surface area contributed by atoms with Gasteiger partial charge in [-0.2, -0.15) is 4.37 Å². The summed E-state index contributed by atoms with van der Waals surface area (Å²) in [6.07, 6.45) is 1.28. The Morgan fingerprint density at radius 2 is 2.38 bits per heavy atom. The number of aromatic nitrogens is 1. The van der Waals surface area contributed by atoms with E-state index in [0.29, 0.717) is 6.42 Å². The van der Waals surface area contributed by atoms with Gasteiger partial charge in [-0.3, -0.25) is 4.79 Å². The van der Waals surface area contributed by atoms with E-state index in [4.69, 9.17) is 5.11 Å². The molecule has 1 unspecified atom stereocenters. The van der Waals surface area contributed by atoms with Crippen LogP contribution in [0, 0.1) is 12.8 Å². The zero-order valence-corrected chi connectivity index (χ0v) is 8.23. The molecule has 2 rings (SSSR count). The molecule has 0 bridgehead atoms. The summed E-state index contributed by atoms with van der Waals surface area (Å²) in [6, 6.07) is 0. The van der Waals surface area contributed by atoms with Crippen molar-refractivity contribution in [1.29, 1.82) is 0 Å². The molecule has 4 heteroatoms. The maximum absolute atomic E-state index is 11.6. The average Bonchev–Trinajstić information content (AvgIpc) is 2.48. The van der Waals surface area contributed by atoms with Crippen molar-refractivity contribution < 1.29 is 9.90 Å². The Bertz CT molecular complexity index is 345. The summed E-state index contributed by atoms with van der Waals surface area (Å²) in [7, 11) is 0. The highest BCUT2D eigenvalue weighted by Crippen LogP contribution is 2.30. The Hall–Kier alpha value is -0.740. The largest absolute Gasteiger partial charge is 0.396 e. The molecule has 0 aliphatic heterocycles. The molecule has 0 spiro atoms. The molecule has 0 fully saturated rings. The lowest BCUT2D eigenvalue weighted by molar-refractivity contribution is 0.0920. The van der Waals surface area contributed by atoms with Crippen molar-refractivity contribution in [2.75, 3.05) is 6.61 Å². The van der Waals surface area contributed by atoms with Crippen molar-refractivity contribution in [3.05, 3.63) is 16.1 Å². The van der Waals surface area contributed by atoms with Crippen molar-refractivity contribution in [3.63, 3.8) is 0 Å². The molecule has 1 aliphatic carbocycles. The SMILES string of the molecule is Cc1nsc2c1C(=O)CC(CO)C2. The van der Waals surface area contributed by atoms with Gasteiger partial charge in [0.1, 0.15) is 0 Å². The van der Waals surface area contributed by atoms with Crippen molar-refractivity contribution in [1.82, 2.24) is 4.37 Å². The first-order chi connectivity index (χ1) is 6.22. The second-order valence-electron chi connectivity index (χ2n) is 3.45. The Morgan fingerprint density at radius 3 is 3.08 bits per heavy atom. The highest BCUT2D eigenvalue weighted by atomic mass is 32.1. The fourth-order valence-electron chi connectivity index (χ4n) is 1.74. The van der Waals surface area contributed by atoms with E-state index >= 15 is 0 Å². The van der Waals surface area contributed by atoms with Gasteiger partial charge >= 0.3 is 0 Å². The molecule has 0 saturated heterocycles. The van der Waals surface area contributed by atoms with Crippen LogP contribution in [0.5, 0.6) is 0 Å². The highest BCUT2D eigenvalue weighted by Gasteiger charge is 2.28. The molecule has 1 aliphatic rings. The number of nitrogens with zero attached hydrogens (tertiary/aromatic N) is 1. The average molecular weight is 197 g/mol. The molecule has 3 nitrogen and oxygen atoms in total. The van der Waals surface area contributed by atoms with E-state index in [2.05, 4.69) is 4.37 Å². The second-order valence-corrected chi connectivity index (χ2v) is 4.30. The molecule has 0 aromatic carbocycles. The van der Waals surface area contributed by atoms with Gasteiger partial charge in [-0.1, -0.05) is 0 Å². The minimum Gasteiger partial charge on any atom is -0.396 e. The maximum Gasteiger partial charge on any atom is 0.166 e. The predicted octanol–water partition coefficient (Wildman–Crippen LogP) is 1.19. The third-order valence-electron chi connectivity index (χ3n) is 2.42. The van der Waals surface area contributed by atoms with Crippen LogP contribution in [0.3, 0.4) is 0 Å². The van der Waals surface area contributed by atoms with Gasteiger partial charge in [0, 0.05) is 17.9 Å². The van der Waals surface area contributed by atoms with Crippen molar-refractivity contribution in [2.24, 2.45) is 5.92 Å². The van der Waals surface area contributed by atoms with Crippen molar-refractivity contribution in [2.45, 2.75) is 19.8 Å². The maximum atomic E-state index is 11.6. The summed E-state index contributed by atoms with van der Waals surface area (Å²) in [4.78, 5) is 12.6. The summed E-state index contributed by atoms with van der Waals surface area (Å²) in [5.41, 5.74) is 1.66. The van der Waals surface area contributed by atoms with E-state index in [1.165, 1.54) is 11.5 Å². The number of fused-ring (bicyclic) bond motifs is 1. The van der Waals surface area contributed by atoms with Gasteiger partial charge in [0.05, 0.1) is 11.3 Å². The number of aliphatic hydroxyl groups excluding tert-OH is 1. The number of hydrogen-bond donors (Lipinski definition) is 1. The standard InChI is InChI=1S/C9H11NO2S/c1-5-9-7(12)2-6(4-11)3-8(9)13-10-5/h6,11H,2-4H2,1H3. The van der Waals surface area contributed by atoms with Crippen LogP contribution in [0.15, 0.2) is 0 Å². The first-order valence-corrected chi connectivity index (χ1v) is 5.09. The van der Waals surface area contributed by atoms with E-state index in [-0.39, 0.29) is 18.3 Å². The molecule has 1 aromatic heterocycles. The minimum atomic E-state index is 0.0993. The minimum absolute atomic E-state index is 0.0993. The lowest BCUT2D eigenvalue weighted by atomic mass is 9.88. The van der Waals surface area contributed by atoms with Crippen LogP contribution >= 0.6 is 11.5 Å². The molecule has 13 heavy (non-hydrogen) atoms. The van der Waals surface area contributed by atoms with E-state index in [9.17, 15) is 4.79 Å². The van der Waals surface area contributed by atoms with E-state index in [1.807, 2.05) is 6.92 Å². The topological polar surface area (TPSA) is 50.2 Å². The Kier molecular flexibility index (Phi) is 2.17. The predicted molar refractivity (Wildman–Crippen MR) is 50.1 cm³/mol. The third-order valence-corrected chi connectivity index (χ3v) is 3.37. The molecule has 0 radical (unpaired) electrons. The molecule has 1 heterocycles. The van der Waals surface area contributed by atoms with Crippen LogP contribution < -0.4 is 0 Å². The van der Waals surface area contributed by atoms with Crippen LogP contribution in [0.2, 0.25) is 0 Å². The number of hydrogen-bond acceptors (Lipinski definition) is 4. The number of ketones is 1. The van der Waals surface area contributed by atoms with Gasteiger partial charge < -0.3 is 5.11 Å². The second kappa shape index (κ2) is 3.20. The number of rotatable bonds is 1. The summed E-state index contributed by atoms with van der Waals surface area (Å²) in [5.74, 6) is 0.256. The smallest absolute Gasteiger partial charge is 0.166 e. The number of Topliss-reactive ketones (excluding diaryl/α,β-unsaturated/α-hetero) is 1. The molecule has 0 amide bonds. The van der Waals surface area contributed by atoms with Gasteiger partial charge in [0.25, 0.3) is 0 Å². The number of carbonyl (C=O) groups is 1. The normalized spacial score (nSPS) is 21.7. The van der Waals surface area contributed by atoms with E-state index in [1.54, 1.807) is 0 Å². The van der Waals surface area contributed by atoms with Gasteiger partial charge in [-0.15, -0.1) is 0 Å². The van der Waals surface area contributed by atoms with Crippen LogP contribution in [-0.4, -0.2) is 21.9 Å². The van der Waals surface area contributed by atoms with Gasteiger partial charge in [-0.05, 0) is 30.8 Å².